The van der Waals surface area contributed by atoms with Crippen molar-refractivity contribution in [3.05, 3.63) is 80.3 Å². The van der Waals surface area contributed by atoms with Gasteiger partial charge in [0.1, 0.15) is 16.5 Å². The number of likely N-dealkylation sites (tertiary alicyclic amines) is 2. The monoisotopic (exact) mass is 701 g/mol. The van der Waals surface area contributed by atoms with E-state index in [1.165, 1.54) is 16.7 Å². The Balaban J connectivity index is 1.35. The number of carbonyl (C=O) groups is 3. The molecule has 2 N–H and O–H groups in total. The van der Waals surface area contributed by atoms with Crippen LogP contribution in [0.5, 0.6) is 0 Å². The number of hydrogen-bond acceptors (Lipinski definition) is 6. The van der Waals surface area contributed by atoms with E-state index >= 15 is 0 Å². The van der Waals surface area contributed by atoms with Gasteiger partial charge in [-0.15, -0.1) is 0 Å². The van der Waals surface area contributed by atoms with E-state index in [0.717, 1.165) is 16.8 Å². The number of aliphatic imine (C=N–C) groups is 1. The molecule has 13 heteroatoms. The lowest BCUT2D eigenvalue weighted by molar-refractivity contribution is -0.142. The average Bonchev–Trinajstić information content (AvgIpc) is 3.77. The first-order valence-corrected chi connectivity index (χ1v) is 17.4. The second kappa shape index (κ2) is 13.0. The summed E-state index contributed by atoms with van der Waals surface area (Å²) in [5, 5.41) is 13.5. The number of rotatable bonds is 7. The van der Waals surface area contributed by atoms with Crippen molar-refractivity contribution in [1.82, 2.24) is 20.0 Å². The molecule has 2 aromatic carbocycles. The van der Waals surface area contributed by atoms with Gasteiger partial charge in [-0.05, 0) is 79.8 Å². The summed E-state index contributed by atoms with van der Waals surface area (Å²) in [6, 6.07) is 13.5. The van der Waals surface area contributed by atoms with Crippen LogP contribution in [0.15, 0.2) is 64.1 Å². The number of allylic oxidation sites excluding steroid dienone is 1. The zero-order chi connectivity index (χ0) is 33.8. The standard InChI is InChI=1S/C34H38Cl2FN5O4S/c1-18(2)27-28(31(44)41-19(3)5-14-26(41)30(43)40-16-21(15-37)25(17-40)38-33(45)46)47-32-39-34(4,22-8-12-24(36)13-9-22)29(42(27)32)20-6-10-23(35)11-7-20/h6-13,18-19,21,25-26,29,38H,5,14-17H2,1-4H3,(H,45,46)/t19-,21+,25+,26-,29-,34+/m1/s1. The number of hydrogen-bond donors (Lipinski definition) is 2. The molecule has 250 valence electrons. The summed E-state index contributed by atoms with van der Waals surface area (Å²) in [5.74, 6) is -1.21. The van der Waals surface area contributed by atoms with E-state index in [1.54, 1.807) is 4.90 Å². The molecule has 3 amide bonds. The van der Waals surface area contributed by atoms with Gasteiger partial charge >= 0.3 is 6.09 Å². The molecule has 2 fully saturated rings. The molecular weight excluding hydrogens is 664 g/mol. The summed E-state index contributed by atoms with van der Waals surface area (Å²) < 4.78 is 13.8. The van der Waals surface area contributed by atoms with E-state index in [0.29, 0.717) is 33.0 Å². The van der Waals surface area contributed by atoms with E-state index < -0.39 is 36.3 Å². The Morgan fingerprint density at radius 2 is 1.70 bits per heavy atom. The molecule has 2 aromatic rings. The smallest absolute Gasteiger partial charge is 0.404 e. The van der Waals surface area contributed by atoms with Gasteiger partial charge in [0.25, 0.3) is 5.91 Å². The Hall–Kier alpha value is -3.28. The zero-order valence-electron chi connectivity index (χ0n) is 26.6. The van der Waals surface area contributed by atoms with Gasteiger partial charge in [0, 0.05) is 40.8 Å². The van der Waals surface area contributed by atoms with Crippen LogP contribution >= 0.6 is 35.0 Å². The SMILES string of the molecule is CC(C)C1=C(C(=O)N2[C@H](C)CC[C@@H]2C(=O)N2C[C@H](CF)[C@@H](NC(=O)O)C2)SC2=N[C@@](C)(c3ccc(Cl)cc3)[C@@H](c3ccc(Cl)cc3)N21. The lowest BCUT2D eigenvalue weighted by Gasteiger charge is -2.37. The molecule has 47 heavy (non-hydrogen) atoms. The zero-order valence-corrected chi connectivity index (χ0v) is 28.9. The van der Waals surface area contributed by atoms with Gasteiger partial charge in [-0.1, -0.05) is 61.3 Å². The first-order chi connectivity index (χ1) is 22.3. The number of alkyl halides is 1. The molecule has 0 spiro atoms. The number of amidine groups is 1. The minimum atomic E-state index is -1.26. The number of benzene rings is 2. The number of nitrogens with one attached hydrogen (secondary N) is 1. The fourth-order valence-corrected chi connectivity index (χ4v) is 9.09. The van der Waals surface area contributed by atoms with Crippen molar-refractivity contribution in [3.8, 4) is 0 Å². The van der Waals surface area contributed by atoms with Crippen molar-refractivity contribution >= 4 is 58.0 Å². The van der Waals surface area contributed by atoms with Crippen LogP contribution in [0.25, 0.3) is 0 Å². The molecular formula is C34H38Cl2FN5O4S. The van der Waals surface area contributed by atoms with Crippen LogP contribution in [0, 0.1) is 11.8 Å². The fraction of sp³-hybridized carbons (Fsp3) is 0.471. The lowest BCUT2D eigenvalue weighted by Crippen LogP contribution is -2.50. The molecule has 2 saturated heterocycles. The molecule has 0 radical (unpaired) electrons. The van der Waals surface area contributed by atoms with Crippen molar-refractivity contribution in [3.63, 3.8) is 0 Å². The predicted molar refractivity (Wildman–Crippen MR) is 182 cm³/mol. The summed E-state index contributed by atoms with van der Waals surface area (Å²) >= 11 is 13.9. The fourth-order valence-electron chi connectivity index (χ4n) is 7.49. The Labute approximate surface area is 288 Å². The Morgan fingerprint density at radius 1 is 1.06 bits per heavy atom. The molecule has 6 atom stereocenters. The molecule has 0 aliphatic carbocycles. The molecule has 6 rings (SSSR count). The summed E-state index contributed by atoms with van der Waals surface area (Å²) in [5.41, 5.74) is 2.10. The van der Waals surface area contributed by atoms with Crippen molar-refractivity contribution in [1.29, 1.82) is 0 Å². The number of thioether (sulfide) groups is 1. The summed E-state index contributed by atoms with van der Waals surface area (Å²) in [4.78, 5) is 51.0. The number of fused-ring (bicyclic) bond motifs is 1. The highest BCUT2D eigenvalue weighted by Crippen LogP contribution is 2.56. The number of carbonyl (C=O) groups excluding carboxylic acids is 2. The molecule has 9 nitrogen and oxygen atoms in total. The lowest BCUT2D eigenvalue weighted by atomic mass is 9.81. The number of nitrogens with zero attached hydrogens (tertiary/aromatic N) is 4. The summed E-state index contributed by atoms with van der Waals surface area (Å²) in [7, 11) is 0. The van der Waals surface area contributed by atoms with E-state index in [-0.39, 0.29) is 42.9 Å². The van der Waals surface area contributed by atoms with Crippen LogP contribution in [-0.2, 0) is 15.1 Å². The van der Waals surface area contributed by atoms with E-state index in [1.807, 2.05) is 55.5 Å². The first kappa shape index (κ1) is 33.6. The van der Waals surface area contributed by atoms with Gasteiger partial charge in [0.05, 0.1) is 18.8 Å². The molecule has 4 heterocycles. The van der Waals surface area contributed by atoms with Crippen LogP contribution in [0.1, 0.15) is 57.7 Å². The van der Waals surface area contributed by atoms with Crippen molar-refractivity contribution < 1.29 is 23.9 Å². The summed E-state index contributed by atoms with van der Waals surface area (Å²) in [6.07, 6.45) is -0.143. The molecule has 0 aromatic heterocycles. The van der Waals surface area contributed by atoms with Crippen LogP contribution < -0.4 is 5.32 Å². The third-order valence-electron chi connectivity index (χ3n) is 9.81. The van der Waals surface area contributed by atoms with Crippen molar-refractivity contribution in [2.24, 2.45) is 16.8 Å². The Morgan fingerprint density at radius 3 is 2.30 bits per heavy atom. The normalized spacial score (nSPS) is 28.7. The maximum Gasteiger partial charge on any atom is 0.404 e. The topological polar surface area (TPSA) is 106 Å². The van der Waals surface area contributed by atoms with Crippen LogP contribution in [-0.4, -0.2) is 80.8 Å². The highest BCUT2D eigenvalue weighted by atomic mass is 35.5. The number of amides is 3. The minimum absolute atomic E-state index is 0.0599. The van der Waals surface area contributed by atoms with Gasteiger partial charge in [-0.2, -0.15) is 0 Å². The Kier molecular flexibility index (Phi) is 9.28. The maximum atomic E-state index is 14.6. The number of halogens is 3. The van der Waals surface area contributed by atoms with Gasteiger partial charge in [-0.3, -0.25) is 14.0 Å². The van der Waals surface area contributed by atoms with Gasteiger partial charge in [0.15, 0.2) is 5.17 Å². The molecule has 0 unspecified atom stereocenters. The third-order valence-corrected chi connectivity index (χ3v) is 11.4. The van der Waals surface area contributed by atoms with Crippen LogP contribution in [0.3, 0.4) is 0 Å². The highest BCUT2D eigenvalue weighted by Gasteiger charge is 2.54. The quantitative estimate of drug-likeness (QED) is 0.334. The summed E-state index contributed by atoms with van der Waals surface area (Å²) in [6.45, 7) is 7.55. The van der Waals surface area contributed by atoms with Crippen LogP contribution in [0.2, 0.25) is 10.0 Å². The third kappa shape index (κ3) is 5.99. The molecule has 4 aliphatic heterocycles. The van der Waals surface area contributed by atoms with E-state index in [9.17, 15) is 23.9 Å². The molecule has 0 bridgehead atoms. The minimum Gasteiger partial charge on any atom is -0.465 e. The Bertz CT molecular complexity index is 1640. The largest absolute Gasteiger partial charge is 0.465 e. The molecule has 0 saturated carbocycles. The van der Waals surface area contributed by atoms with Crippen molar-refractivity contribution in [2.45, 2.75) is 70.2 Å². The predicted octanol–water partition coefficient (Wildman–Crippen LogP) is 6.68. The van der Waals surface area contributed by atoms with Gasteiger partial charge in [0.2, 0.25) is 5.91 Å². The van der Waals surface area contributed by atoms with Gasteiger partial charge in [-0.25, -0.2) is 9.79 Å². The second-order valence-corrected chi connectivity index (χ2v) is 15.1. The first-order valence-electron chi connectivity index (χ1n) is 15.8. The second-order valence-electron chi connectivity index (χ2n) is 13.2. The highest BCUT2D eigenvalue weighted by molar-refractivity contribution is 8.18. The molecule has 4 aliphatic rings. The average molecular weight is 703 g/mol. The maximum absolute atomic E-state index is 14.6. The number of carboxylic acid groups (broad SMARTS) is 1. The van der Waals surface area contributed by atoms with E-state index in [2.05, 4.69) is 31.0 Å². The van der Waals surface area contributed by atoms with Gasteiger partial charge < -0.3 is 25.1 Å². The van der Waals surface area contributed by atoms with Crippen LogP contribution in [0.4, 0.5) is 9.18 Å². The van der Waals surface area contributed by atoms with Crippen molar-refractivity contribution in [2.75, 3.05) is 19.8 Å². The van der Waals surface area contributed by atoms with E-state index in [4.69, 9.17) is 28.2 Å².